The summed E-state index contributed by atoms with van der Waals surface area (Å²) in [6.45, 7) is 0. The average Bonchev–Trinajstić information content (AvgIpc) is 3.39. The standard InChI is InChI=1S/C40H25N3/c1-2-11-27(12-3-1)39-35-24-32(31-19-18-26-10-4-5-13-28(26)22-31)20-21-36(35)41-40(42-39)43-37-17-9-8-16-33(37)34-23-29-14-6-7-15-30(29)25-38(34)43/h1-25H. The topological polar surface area (TPSA) is 30.7 Å². The van der Waals surface area contributed by atoms with E-state index < -0.39 is 0 Å². The first-order valence-electron chi connectivity index (χ1n) is 14.6. The van der Waals surface area contributed by atoms with Crippen molar-refractivity contribution in [2.24, 2.45) is 0 Å². The van der Waals surface area contributed by atoms with Crippen LogP contribution in [-0.2, 0) is 0 Å². The van der Waals surface area contributed by atoms with Crippen LogP contribution in [0.4, 0.5) is 0 Å². The van der Waals surface area contributed by atoms with E-state index in [2.05, 4.69) is 150 Å². The highest BCUT2D eigenvalue weighted by Gasteiger charge is 2.18. The quantitative estimate of drug-likeness (QED) is 0.220. The second-order valence-electron chi connectivity index (χ2n) is 11.1. The maximum atomic E-state index is 5.33. The third-order valence-electron chi connectivity index (χ3n) is 8.55. The molecular weight excluding hydrogens is 522 g/mol. The molecular formula is C40H25N3. The molecule has 0 aliphatic rings. The van der Waals surface area contributed by atoms with Gasteiger partial charge in [0.1, 0.15) is 0 Å². The van der Waals surface area contributed by atoms with Crippen LogP contribution in [0.5, 0.6) is 0 Å². The summed E-state index contributed by atoms with van der Waals surface area (Å²) >= 11 is 0. The Bertz CT molecular complexity index is 2510. The monoisotopic (exact) mass is 547 g/mol. The van der Waals surface area contributed by atoms with E-state index in [0.29, 0.717) is 5.95 Å². The predicted molar refractivity (Wildman–Crippen MR) is 180 cm³/mol. The Labute approximate surface area is 248 Å². The number of hydrogen-bond acceptors (Lipinski definition) is 2. The van der Waals surface area contributed by atoms with Crippen LogP contribution in [0.3, 0.4) is 0 Å². The van der Waals surface area contributed by atoms with Gasteiger partial charge in [-0.05, 0) is 69.1 Å². The van der Waals surface area contributed by atoms with Gasteiger partial charge in [0.05, 0.1) is 22.2 Å². The zero-order valence-electron chi connectivity index (χ0n) is 23.3. The van der Waals surface area contributed by atoms with Gasteiger partial charge in [-0.25, -0.2) is 9.97 Å². The van der Waals surface area contributed by atoms with E-state index in [1.165, 1.54) is 37.9 Å². The SMILES string of the molecule is c1ccc(-c2nc(-n3c4ccccc4c4cc5ccccc5cc43)nc3ccc(-c4ccc5ccccc5c4)cc23)cc1. The summed E-state index contributed by atoms with van der Waals surface area (Å²) in [5, 5.41) is 8.32. The molecule has 0 bridgehead atoms. The van der Waals surface area contributed by atoms with Crippen molar-refractivity contribution in [3.05, 3.63) is 152 Å². The van der Waals surface area contributed by atoms with Gasteiger partial charge in [-0.15, -0.1) is 0 Å². The van der Waals surface area contributed by atoms with Crippen molar-refractivity contribution >= 4 is 54.3 Å². The third kappa shape index (κ3) is 3.83. The summed E-state index contributed by atoms with van der Waals surface area (Å²) in [5.74, 6) is 0.672. The minimum Gasteiger partial charge on any atom is -0.278 e. The Morgan fingerprint density at radius 2 is 1.02 bits per heavy atom. The highest BCUT2D eigenvalue weighted by molar-refractivity contribution is 6.13. The fourth-order valence-electron chi connectivity index (χ4n) is 6.45. The van der Waals surface area contributed by atoms with Gasteiger partial charge >= 0.3 is 0 Å². The Balaban J connectivity index is 1.33. The molecule has 0 amide bonds. The molecule has 3 nitrogen and oxygen atoms in total. The van der Waals surface area contributed by atoms with Crippen molar-refractivity contribution in [2.75, 3.05) is 0 Å². The fourth-order valence-corrected chi connectivity index (χ4v) is 6.45. The Morgan fingerprint density at radius 3 is 1.86 bits per heavy atom. The third-order valence-corrected chi connectivity index (χ3v) is 8.55. The lowest BCUT2D eigenvalue weighted by atomic mass is 9.98. The van der Waals surface area contributed by atoms with Gasteiger partial charge in [0.15, 0.2) is 0 Å². The largest absolute Gasteiger partial charge is 0.278 e. The predicted octanol–water partition coefficient (Wildman–Crippen LogP) is 10.4. The van der Waals surface area contributed by atoms with Gasteiger partial charge in [0.2, 0.25) is 5.95 Å². The lowest BCUT2D eigenvalue weighted by Crippen LogP contribution is -2.03. The number of rotatable bonds is 3. The van der Waals surface area contributed by atoms with Crippen LogP contribution in [0.15, 0.2) is 152 Å². The molecule has 7 aromatic carbocycles. The molecule has 0 unspecified atom stereocenters. The molecule has 200 valence electrons. The maximum absolute atomic E-state index is 5.33. The number of para-hydroxylation sites is 1. The minimum atomic E-state index is 0.672. The van der Waals surface area contributed by atoms with Crippen LogP contribution in [0.1, 0.15) is 0 Å². The molecule has 0 saturated carbocycles. The first-order valence-corrected chi connectivity index (χ1v) is 14.6. The Kier molecular flexibility index (Phi) is 5.20. The minimum absolute atomic E-state index is 0.672. The smallest absolute Gasteiger partial charge is 0.235 e. The van der Waals surface area contributed by atoms with Gasteiger partial charge in [-0.1, -0.05) is 115 Å². The van der Waals surface area contributed by atoms with Crippen molar-refractivity contribution in [1.29, 1.82) is 0 Å². The normalized spacial score (nSPS) is 11.7. The summed E-state index contributed by atoms with van der Waals surface area (Å²) in [4.78, 5) is 10.6. The molecule has 9 aromatic rings. The molecule has 0 spiro atoms. The van der Waals surface area contributed by atoms with Crippen molar-refractivity contribution < 1.29 is 0 Å². The van der Waals surface area contributed by atoms with Gasteiger partial charge in [-0.2, -0.15) is 0 Å². The molecule has 9 rings (SSSR count). The van der Waals surface area contributed by atoms with Crippen LogP contribution < -0.4 is 0 Å². The van der Waals surface area contributed by atoms with E-state index in [1.54, 1.807) is 0 Å². The van der Waals surface area contributed by atoms with Crippen molar-refractivity contribution in [3.63, 3.8) is 0 Å². The molecule has 0 aliphatic heterocycles. The van der Waals surface area contributed by atoms with E-state index in [1.807, 2.05) is 6.07 Å². The van der Waals surface area contributed by atoms with Crippen LogP contribution in [0.2, 0.25) is 0 Å². The summed E-state index contributed by atoms with van der Waals surface area (Å²) in [6.07, 6.45) is 0. The van der Waals surface area contributed by atoms with E-state index in [-0.39, 0.29) is 0 Å². The molecule has 2 heterocycles. The maximum Gasteiger partial charge on any atom is 0.235 e. The average molecular weight is 548 g/mol. The second kappa shape index (κ2) is 9.37. The summed E-state index contributed by atoms with van der Waals surface area (Å²) in [6, 6.07) is 53.8. The molecule has 0 N–H and O–H groups in total. The van der Waals surface area contributed by atoms with Crippen LogP contribution in [0.25, 0.3) is 82.6 Å². The van der Waals surface area contributed by atoms with E-state index in [4.69, 9.17) is 9.97 Å². The molecule has 3 heteroatoms. The zero-order chi connectivity index (χ0) is 28.3. The lowest BCUT2D eigenvalue weighted by Gasteiger charge is -2.13. The van der Waals surface area contributed by atoms with Gasteiger partial charge in [0.25, 0.3) is 0 Å². The number of fused-ring (bicyclic) bond motifs is 6. The van der Waals surface area contributed by atoms with Crippen LogP contribution >= 0.6 is 0 Å². The van der Waals surface area contributed by atoms with E-state index in [0.717, 1.165) is 38.8 Å². The summed E-state index contributed by atoms with van der Waals surface area (Å²) in [7, 11) is 0. The highest BCUT2D eigenvalue weighted by atomic mass is 15.2. The van der Waals surface area contributed by atoms with Gasteiger partial charge < -0.3 is 0 Å². The first kappa shape index (κ1) is 23.9. The van der Waals surface area contributed by atoms with Crippen molar-refractivity contribution in [1.82, 2.24) is 14.5 Å². The molecule has 0 fully saturated rings. The lowest BCUT2D eigenvalue weighted by molar-refractivity contribution is 1.01. The summed E-state index contributed by atoms with van der Waals surface area (Å²) < 4.78 is 2.22. The number of benzene rings is 7. The number of nitrogens with zero attached hydrogens (tertiary/aromatic N) is 3. The van der Waals surface area contributed by atoms with Crippen LogP contribution in [0, 0.1) is 0 Å². The van der Waals surface area contributed by atoms with Crippen LogP contribution in [-0.4, -0.2) is 14.5 Å². The van der Waals surface area contributed by atoms with Gasteiger partial charge in [0, 0.05) is 21.7 Å². The van der Waals surface area contributed by atoms with Crippen molar-refractivity contribution in [3.8, 4) is 28.3 Å². The molecule has 0 aliphatic carbocycles. The Hall–Kier alpha value is -5.80. The summed E-state index contributed by atoms with van der Waals surface area (Å²) in [5.41, 5.74) is 7.44. The molecule has 43 heavy (non-hydrogen) atoms. The molecule has 0 atom stereocenters. The molecule has 0 radical (unpaired) electrons. The molecule has 2 aromatic heterocycles. The zero-order valence-corrected chi connectivity index (χ0v) is 23.3. The fraction of sp³-hybridized carbons (Fsp3) is 0. The Morgan fingerprint density at radius 1 is 0.372 bits per heavy atom. The van der Waals surface area contributed by atoms with Crippen molar-refractivity contribution in [2.45, 2.75) is 0 Å². The molecule has 0 saturated heterocycles. The first-order chi connectivity index (χ1) is 21.3. The van der Waals surface area contributed by atoms with E-state index in [9.17, 15) is 0 Å². The number of aromatic nitrogens is 3. The number of hydrogen-bond donors (Lipinski definition) is 0. The second-order valence-corrected chi connectivity index (χ2v) is 11.1. The van der Waals surface area contributed by atoms with E-state index >= 15 is 0 Å². The highest BCUT2D eigenvalue weighted by Crippen LogP contribution is 2.37. The van der Waals surface area contributed by atoms with Gasteiger partial charge in [-0.3, -0.25) is 4.57 Å².